The molecule has 0 saturated heterocycles. The maximum Gasteiger partial charge on any atom is 0.0794 e. The summed E-state index contributed by atoms with van der Waals surface area (Å²) >= 11 is 6.98. The highest BCUT2D eigenvalue weighted by Crippen LogP contribution is 2.32. The van der Waals surface area contributed by atoms with E-state index < -0.39 is 0 Å². The number of hydrogen-bond donors (Lipinski definition) is 1. The number of halogens is 1. The molecule has 2 heterocycles. The molecule has 2 nitrogen and oxygen atoms in total. The summed E-state index contributed by atoms with van der Waals surface area (Å²) in [6.45, 7) is 3.07. The highest BCUT2D eigenvalue weighted by atomic mass is 79.9. The average molecular weight is 303 g/mol. The van der Waals surface area contributed by atoms with Crippen molar-refractivity contribution in [2.45, 2.75) is 13.0 Å². The molecule has 5 heteroatoms. The van der Waals surface area contributed by atoms with Gasteiger partial charge < -0.3 is 5.32 Å². The second-order valence-corrected chi connectivity index (χ2v) is 5.59. The molecule has 2 aromatic rings. The summed E-state index contributed by atoms with van der Waals surface area (Å²) in [4.78, 5) is 5.39. The predicted molar refractivity (Wildman–Crippen MR) is 69.7 cm³/mol. The van der Waals surface area contributed by atoms with Gasteiger partial charge in [0.05, 0.1) is 11.6 Å². The van der Waals surface area contributed by atoms with Crippen molar-refractivity contribution < 1.29 is 0 Å². The highest BCUT2D eigenvalue weighted by Gasteiger charge is 2.17. The molecule has 0 amide bonds. The lowest BCUT2D eigenvalue weighted by Gasteiger charge is -2.15. The summed E-state index contributed by atoms with van der Waals surface area (Å²) in [5.41, 5.74) is 3.17. The van der Waals surface area contributed by atoms with E-state index in [1.165, 1.54) is 14.9 Å². The van der Waals surface area contributed by atoms with Gasteiger partial charge in [-0.3, -0.25) is 4.98 Å². The first-order valence-corrected chi connectivity index (χ1v) is 7.27. The van der Waals surface area contributed by atoms with Gasteiger partial charge >= 0.3 is 0 Å². The van der Waals surface area contributed by atoms with E-state index in [1.54, 1.807) is 22.7 Å². The van der Waals surface area contributed by atoms with Crippen LogP contribution in [0, 0.1) is 0 Å². The zero-order valence-electron chi connectivity index (χ0n) is 8.24. The van der Waals surface area contributed by atoms with Crippen molar-refractivity contribution in [2.75, 3.05) is 6.54 Å². The molecule has 0 spiro atoms. The number of hydrogen-bond acceptors (Lipinski definition) is 4. The number of aromatic nitrogens is 1. The van der Waals surface area contributed by atoms with Crippen LogP contribution in [0.25, 0.3) is 0 Å². The van der Waals surface area contributed by atoms with Gasteiger partial charge in [-0.25, -0.2) is 0 Å². The van der Waals surface area contributed by atoms with E-state index in [0.717, 1.165) is 6.54 Å². The summed E-state index contributed by atoms with van der Waals surface area (Å²) in [5, 5.41) is 7.76. The normalized spacial score (nSPS) is 12.9. The Morgan fingerprint density at radius 3 is 2.93 bits per heavy atom. The zero-order chi connectivity index (χ0) is 10.7. The third-order valence-corrected chi connectivity index (χ3v) is 4.69. The van der Waals surface area contributed by atoms with Crippen molar-refractivity contribution in [3.05, 3.63) is 37.4 Å². The third kappa shape index (κ3) is 2.47. The Hall–Kier alpha value is -0.230. The fraction of sp³-hybridized carbons (Fsp3) is 0.300. The molecule has 2 aromatic heterocycles. The number of rotatable bonds is 4. The molecule has 80 valence electrons. The van der Waals surface area contributed by atoms with E-state index in [0.29, 0.717) is 0 Å². The second-order valence-electron chi connectivity index (χ2n) is 3.07. The van der Waals surface area contributed by atoms with E-state index in [2.05, 4.69) is 43.9 Å². The van der Waals surface area contributed by atoms with Crippen LogP contribution in [0.1, 0.15) is 23.4 Å². The molecular formula is C10H11BrN2S2. The van der Waals surface area contributed by atoms with Gasteiger partial charge in [0.1, 0.15) is 0 Å². The van der Waals surface area contributed by atoms with Crippen molar-refractivity contribution in [3.8, 4) is 0 Å². The topological polar surface area (TPSA) is 24.9 Å². The van der Waals surface area contributed by atoms with Crippen molar-refractivity contribution in [2.24, 2.45) is 0 Å². The summed E-state index contributed by atoms with van der Waals surface area (Å²) < 4.78 is 1.17. The van der Waals surface area contributed by atoms with Gasteiger partial charge in [-0.2, -0.15) is 11.3 Å². The molecule has 0 aliphatic rings. The molecule has 0 radical (unpaired) electrons. The number of thiazole rings is 1. The lowest BCUT2D eigenvalue weighted by Crippen LogP contribution is -2.20. The van der Waals surface area contributed by atoms with Crippen molar-refractivity contribution in [1.82, 2.24) is 10.3 Å². The summed E-state index contributed by atoms with van der Waals surface area (Å²) in [7, 11) is 0. The number of nitrogens with zero attached hydrogens (tertiary/aromatic N) is 1. The van der Waals surface area contributed by atoms with Gasteiger partial charge in [-0.15, -0.1) is 11.3 Å². The molecule has 1 atom stereocenters. The highest BCUT2D eigenvalue weighted by molar-refractivity contribution is 9.10. The van der Waals surface area contributed by atoms with Gasteiger partial charge in [0.2, 0.25) is 0 Å². The first kappa shape index (κ1) is 11.3. The predicted octanol–water partition coefficient (Wildman–Crippen LogP) is 3.67. The minimum absolute atomic E-state index is 0.267. The van der Waals surface area contributed by atoms with Gasteiger partial charge in [-0.1, -0.05) is 6.92 Å². The SMILES string of the molecule is CCNC(c1cncs1)c1cscc1Br. The van der Waals surface area contributed by atoms with Crippen LogP contribution in [0.2, 0.25) is 0 Å². The molecule has 0 fully saturated rings. The maximum atomic E-state index is 4.13. The van der Waals surface area contributed by atoms with Crippen LogP contribution in [0.4, 0.5) is 0 Å². The minimum atomic E-state index is 0.267. The summed E-state index contributed by atoms with van der Waals surface area (Å²) in [6.07, 6.45) is 1.93. The Labute approximate surface area is 106 Å². The quantitative estimate of drug-likeness (QED) is 0.932. The van der Waals surface area contributed by atoms with Crippen molar-refractivity contribution in [1.29, 1.82) is 0 Å². The Morgan fingerprint density at radius 1 is 1.53 bits per heavy atom. The number of nitrogens with one attached hydrogen (secondary N) is 1. The Bertz CT molecular complexity index is 411. The lowest BCUT2D eigenvalue weighted by molar-refractivity contribution is 0.638. The van der Waals surface area contributed by atoms with Crippen LogP contribution >= 0.6 is 38.6 Å². The Balaban J connectivity index is 2.32. The van der Waals surface area contributed by atoms with Crippen molar-refractivity contribution in [3.63, 3.8) is 0 Å². The monoisotopic (exact) mass is 302 g/mol. The van der Waals surface area contributed by atoms with Crippen molar-refractivity contribution >= 4 is 38.6 Å². The Kier molecular flexibility index (Phi) is 3.91. The van der Waals surface area contributed by atoms with Crippen LogP contribution in [-0.2, 0) is 0 Å². The zero-order valence-corrected chi connectivity index (χ0v) is 11.5. The second kappa shape index (κ2) is 5.21. The largest absolute Gasteiger partial charge is 0.306 e. The van der Waals surface area contributed by atoms with Crippen LogP contribution < -0.4 is 5.32 Å². The summed E-state index contributed by atoms with van der Waals surface area (Å²) in [5.74, 6) is 0. The molecule has 0 aromatic carbocycles. The molecular weight excluding hydrogens is 292 g/mol. The van der Waals surface area contributed by atoms with E-state index in [1.807, 2.05) is 11.7 Å². The fourth-order valence-corrected chi connectivity index (χ4v) is 3.70. The van der Waals surface area contributed by atoms with Gasteiger partial charge in [0.15, 0.2) is 0 Å². The minimum Gasteiger partial charge on any atom is -0.306 e. The molecule has 0 bridgehead atoms. The van der Waals surface area contributed by atoms with Gasteiger partial charge in [-0.05, 0) is 33.4 Å². The lowest BCUT2D eigenvalue weighted by atomic mass is 10.1. The number of thiophene rings is 1. The molecule has 1 N–H and O–H groups in total. The Morgan fingerprint density at radius 2 is 2.40 bits per heavy atom. The average Bonchev–Trinajstić information content (AvgIpc) is 2.85. The molecule has 0 saturated carbocycles. The summed E-state index contributed by atoms with van der Waals surface area (Å²) in [6, 6.07) is 0.267. The van der Waals surface area contributed by atoms with E-state index in [4.69, 9.17) is 0 Å². The van der Waals surface area contributed by atoms with Crippen LogP contribution in [0.15, 0.2) is 26.9 Å². The fourth-order valence-electron chi connectivity index (χ4n) is 1.43. The molecule has 1 unspecified atom stereocenters. The molecule has 0 aliphatic heterocycles. The first-order chi connectivity index (χ1) is 7.33. The van der Waals surface area contributed by atoms with Crippen LogP contribution in [0.5, 0.6) is 0 Å². The van der Waals surface area contributed by atoms with Gasteiger partial charge in [0.25, 0.3) is 0 Å². The van der Waals surface area contributed by atoms with Crippen LogP contribution in [0.3, 0.4) is 0 Å². The van der Waals surface area contributed by atoms with E-state index >= 15 is 0 Å². The van der Waals surface area contributed by atoms with Crippen LogP contribution in [-0.4, -0.2) is 11.5 Å². The standard InChI is InChI=1S/C10H11BrN2S2/c1-2-13-10(9-3-12-6-15-9)7-4-14-5-8(7)11/h3-6,10,13H,2H2,1H3. The van der Waals surface area contributed by atoms with E-state index in [9.17, 15) is 0 Å². The smallest absolute Gasteiger partial charge is 0.0794 e. The maximum absolute atomic E-state index is 4.13. The van der Waals surface area contributed by atoms with Gasteiger partial charge in [0, 0.05) is 20.9 Å². The molecule has 0 aliphatic carbocycles. The molecule has 15 heavy (non-hydrogen) atoms. The molecule has 2 rings (SSSR count). The third-order valence-electron chi connectivity index (χ3n) is 2.10. The van der Waals surface area contributed by atoms with E-state index in [-0.39, 0.29) is 6.04 Å². The first-order valence-electron chi connectivity index (χ1n) is 4.66.